The molecule has 0 saturated carbocycles. The van der Waals surface area contributed by atoms with E-state index in [4.69, 9.17) is 9.72 Å². The Hall–Kier alpha value is -2.09. The van der Waals surface area contributed by atoms with Crippen LogP contribution in [0.5, 0.6) is 5.75 Å². The van der Waals surface area contributed by atoms with E-state index in [0.717, 1.165) is 38.3 Å². The highest BCUT2D eigenvalue weighted by Crippen LogP contribution is 2.32. The third-order valence-corrected chi connectivity index (χ3v) is 7.00. The lowest BCUT2D eigenvalue weighted by Gasteiger charge is -2.22. The molecule has 1 aromatic heterocycles. The van der Waals surface area contributed by atoms with E-state index in [1.54, 1.807) is 30.2 Å². The van der Waals surface area contributed by atoms with Gasteiger partial charge in [0.2, 0.25) is 5.91 Å². The van der Waals surface area contributed by atoms with E-state index in [1.807, 2.05) is 43.3 Å². The summed E-state index contributed by atoms with van der Waals surface area (Å²) in [7, 11) is 5.70. The second kappa shape index (κ2) is 10.3. The lowest BCUT2D eigenvalue weighted by Crippen LogP contribution is -2.36. The van der Waals surface area contributed by atoms with E-state index < -0.39 is 0 Å². The summed E-state index contributed by atoms with van der Waals surface area (Å²) in [5, 5.41) is 0.792. The van der Waals surface area contributed by atoms with Gasteiger partial charge in [-0.05, 0) is 69.4 Å². The number of thiazole rings is 1. The fourth-order valence-electron chi connectivity index (χ4n) is 3.17. The Morgan fingerprint density at radius 2 is 1.87 bits per heavy atom. The van der Waals surface area contributed by atoms with Crippen LogP contribution in [0.1, 0.15) is 17.5 Å². The summed E-state index contributed by atoms with van der Waals surface area (Å²) in [4.78, 5) is 23.0. The second-order valence-electron chi connectivity index (χ2n) is 7.55. The number of nitrogens with zero attached hydrogens (tertiary/aromatic N) is 3. The van der Waals surface area contributed by atoms with E-state index in [-0.39, 0.29) is 5.91 Å². The molecule has 0 spiro atoms. The van der Waals surface area contributed by atoms with E-state index >= 15 is 0 Å². The van der Waals surface area contributed by atoms with Crippen molar-refractivity contribution in [3.63, 3.8) is 0 Å². The highest BCUT2D eigenvalue weighted by atomic mass is 32.2. The Kier molecular flexibility index (Phi) is 7.75. The van der Waals surface area contributed by atoms with Crippen LogP contribution >= 0.6 is 23.1 Å². The Labute approximate surface area is 187 Å². The van der Waals surface area contributed by atoms with Crippen molar-refractivity contribution in [3.05, 3.63) is 47.5 Å². The monoisotopic (exact) mass is 443 g/mol. The molecule has 0 unspecified atom stereocenters. The van der Waals surface area contributed by atoms with Crippen LogP contribution in [0.4, 0.5) is 5.13 Å². The van der Waals surface area contributed by atoms with Gasteiger partial charge in [-0.25, -0.2) is 4.98 Å². The molecule has 0 aliphatic carbocycles. The molecule has 0 aliphatic heterocycles. The number of carbonyl (C=O) groups excluding carboxylic acids is 1. The third-order valence-electron chi connectivity index (χ3n) is 4.76. The predicted molar refractivity (Wildman–Crippen MR) is 128 cm³/mol. The highest BCUT2D eigenvalue weighted by molar-refractivity contribution is 7.99. The van der Waals surface area contributed by atoms with Crippen molar-refractivity contribution in [2.75, 3.05) is 44.9 Å². The SMILES string of the molecule is COc1ccc(SCCC(=O)N(CCN(C)C)c2nc3cc(C)cc(C)c3s2)cc1. The summed E-state index contributed by atoms with van der Waals surface area (Å²) < 4.78 is 6.36. The molecule has 7 heteroatoms. The second-order valence-corrected chi connectivity index (χ2v) is 9.70. The number of aryl methyl sites for hydroxylation is 2. The van der Waals surface area contributed by atoms with Crippen molar-refractivity contribution >= 4 is 44.4 Å². The van der Waals surface area contributed by atoms with Crippen molar-refractivity contribution in [1.82, 2.24) is 9.88 Å². The molecule has 0 N–H and O–H groups in total. The zero-order chi connectivity index (χ0) is 21.7. The summed E-state index contributed by atoms with van der Waals surface area (Å²) in [5.41, 5.74) is 3.38. The summed E-state index contributed by atoms with van der Waals surface area (Å²) in [6.45, 7) is 5.62. The largest absolute Gasteiger partial charge is 0.497 e. The van der Waals surface area contributed by atoms with Crippen molar-refractivity contribution in [2.45, 2.75) is 25.2 Å². The van der Waals surface area contributed by atoms with Crippen LogP contribution < -0.4 is 9.64 Å². The van der Waals surface area contributed by atoms with Crippen molar-refractivity contribution in [1.29, 1.82) is 0 Å². The van der Waals surface area contributed by atoms with Gasteiger partial charge < -0.3 is 9.64 Å². The Morgan fingerprint density at radius 3 is 2.53 bits per heavy atom. The number of thioether (sulfide) groups is 1. The molecule has 1 amide bonds. The Morgan fingerprint density at radius 1 is 1.13 bits per heavy atom. The molecule has 3 aromatic rings. The maximum Gasteiger partial charge on any atom is 0.229 e. The number of benzene rings is 2. The zero-order valence-corrected chi connectivity index (χ0v) is 19.9. The maximum atomic E-state index is 13.1. The van der Waals surface area contributed by atoms with Crippen molar-refractivity contribution in [2.24, 2.45) is 0 Å². The quantitative estimate of drug-likeness (QED) is 0.436. The topological polar surface area (TPSA) is 45.7 Å². The number of ether oxygens (including phenoxy) is 1. The summed E-state index contributed by atoms with van der Waals surface area (Å²) in [5.74, 6) is 1.69. The number of hydrogen-bond acceptors (Lipinski definition) is 6. The number of methoxy groups -OCH3 is 1. The molecule has 0 atom stereocenters. The average molecular weight is 444 g/mol. The molecule has 0 bridgehead atoms. The van der Waals surface area contributed by atoms with Gasteiger partial charge >= 0.3 is 0 Å². The third kappa shape index (κ3) is 5.74. The van der Waals surface area contributed by atoms with Gasteiger partial charge in [0.05, 0.1) is 17.3 Å². The number of anilines is 1. The first-order valence-corrected chi connectivity index (χ1v) is 11.8. The fraction of sp³-hybridized carbons (Fsp3) is 0.391. The predicted octanol–water partition coefficient (Wildman–Crippen LogP) is 5.00. The number of carbonyl (C=O) groups is 1. The van der Waals surface area contributed by atoms with Crippen LogP contribution in [-0.2, 0) is 4.79 Å². The van der Waals surface area contributed by atoms with Gasteiger partial charge in [-0.1, -0.05) is 17.4 Å². The van der Waals surface area contributed by atoms with Crippen LogP contribution in [0.15, 0.2) is 41.3 Å². The summed E-state index contributed by atoms with van der Waals surface area (Å²) >= 11 is 3.29. The first kappa shape index (κ1) is 22.6. The van der Waals surface area contributed by atoms with Gasteiger partial charge in [-0.15, -0.1) is 11.8 Å². The molecule has 0 saturated heterocycles. The molecule has 5 nitrogen and oxygen atoms in total. The van der Waals surface area contributed by atoms with Crippen molar-refractivity contribution in [3.8, 4) is 5.75 Å². The Balaban J connectivity index is 1.72. The maximum absolute atomic E-state index is 13.1. The summed E-state index contributed by atoms with van der Waals surface area (Å²) in [6, 6.07) is 12.2. The number of amides is 1. The average Bonchev–Trinajstić information content (AvgIpc) is 3.12. The lowest BCUT2D eigenvalue weighted by atomic mass is 10.1. The minimum atomic E-state index is 0.117. The van der Waals surface area contributed by atoms with Gasteiger partial charge in [-0.2, -0.15) is 0 Å². The van der Waals surface area contributed by atoms with Gasteiger partial charge in [-0.3, -0.25) is 9.69 Å². The number of hydrogen-bond donors (Lipinski definition) is 0. The van der Waals surface area contributed by atoms with Crippen LogP contribution in [0.2, 0.25) is 0 Å². The molecule has 0 radical (unpaired) electrons. The first-order valence-electron chi connectivity index (χ1n) is 9.97. The van der Waals surface area contributed by atoms with Gasteiger partial charge in [0, 0.05) is 30.2 Å². The van der Waals surface area contributed by atoms with Gasteiger partial charge in [0.25, 0.3) is 0 Å². The molecule has 1 heterocycles. The molecule has 3 rings (SSSR count). The molecule has 30 heavy (non-hydrogen) atoms. The van der Waals surface area contributed by atoms with Gasteiger partial charge in [0.15, 0.2) is 5.13 Å². The minimum Gasteiger partial charge on any atom is -0.497 e. The molecular formula is C23H29N3O2S2. The van der Waals surface area contributed by atoms with E-state index in [9.17, 15) is 4.79 Å². The molecule has 0 fully saturated rings. The smallest absolute Gasteiger partial charge is 0.229 e. The van der Waals surface area contributed by atoms with Crippen LogP contribution in [0, 0.1) is 13.8 Å². The highest BCUT2D eigenvalue weighted by Gasteiger charge is 2.20. The standard InChI is InChI=1S/C23H29N3O2S2/c1-16-14-17(2)22-20(15-16)24-23(30-22)26(12-11-25(3)4)21(27)10-13-29-19-8-6-18(28-5)7-9-19/h6-9,14-15H,10-13H2,1-5H3. The lowest BCUT2D eigenvalue weighted by molar-refractivity contribution is -0.118. The molecule has 0 aliphatic rings. The molecular weight excluding hydrogens is 414 g/mol. The van der Waals surface area contributed by atoms with Crippen molar-refractivity contribution < 1.29 is 9.53 Å². The minimum absolute atomic E-state index is 0.117. The molecule has 160 valence electrons. The van der Waals surface area contributed by atoms with Gasteiger partial charge in [0.1, 0.15) is 5.75 Å². The zero-order valence-electron chi connectivity index (χ0n) is 18.3. The van der Waals surface area contributed by atoms with E-state index in [0.29, 0.717) is 13.0 Å². The first-order chi connectivity index (χ1) is 14.4. The van der Waals surface area contributed by atoms with Crippen LogP contribution in [0.3, 0.4) is 0 Å². The fourth-order valence-corrected chi connectivity index (χ4v) is 5.07. The number of aromatic nitrogens is 1. The number of likely N-dealkylation sites (N-methyl/N-ethyl adjacent to an activating group) is 1. The normalized spacial score (nSPS) is 11.3. The van der Waals surface area contributed by atoms with Crippen LogP contribution in [0.25, 0.3) is 10.2 Å². The summed E-state index contributed by atoms with van der Waals surface area (Å²) in [6.07, 6.45) is 0.470. The van der Waals surface area contributed by atoms with Crippen LogP contribution in [-0.4, -0.2) is 55.8 Å². The Bertz CT molecular complexity index is 1000. The molecule has 2 aromatic carbocycles. The number of rotatable bonds is 9. The van der Waals surface area contributed by atoms with E-state index in [1.165, 1.54) is 11.1 Å². The number of fused-ring (bicyclic) bond motifs is 1. The van der Waals surface area contributed by atoms with E-state index in [2.05, 4.69) is 30.9 Å².